The molecule has 0 saturated heterocycles. The van der Waals surface area contributed by atoms with Gasteiger partial charge in [-0.1, -0.05) is 13.8 Å². The van der Waals surface area contributed by atoms with Crippen LogP contribution < -0.4 is 9.84 Å². The lowest BCUT2D eigenvalue weighted by molar-refractivity contribution is -0.255. The minimum absolute atomic E-state index is 0.0130. The van der Waals surface area contributed by atoms with E-state index in [0.717, 1.165) is 6.42 Å². The number of carboxylic acid groups (broad SMARTS) is 1. The van der Waals surface area contributed by atoms with Crippen molar-refractivity contribution in [2.24, 2.45) is 5.92 Å². The topological polar surface area (TPSA) is 58.6 Å². The molecule has 0 heterocycles. The van der Waals surface area contributed by atoms with Crippen LogP contribution in [0.1, 0.15) is 41.8 Å². The molecule has 1 aromatic rings. The quantitative estimate of drug-likeness (QED) is 0.771. The summed E-state index contributed by atoms with van der Waals surface area (Å²) >= 11 is 0. The molecule has 1 aliphatic rings. The molecule has 2 rings (SSSR count). The third-order valence-electron chi connectivity index (χ3n) is 3.54. The first-order chi connectivity index (χ1) is 9.45. The van der Waals surface area contributed by atoms with Gasteiger partial charge in [-0.2, -0.15) is 0 Å². The number of benzene rings is 1. The molecule has 0 amide bonds. The van der Waals surface area contributed by atoms with Crippen molar-refractivity contribution < 1.29 is 23.8 Å². The van der Waals surface area contributed by atoms with E-state index in [2.05, 4.69) is 0 Å². The molecule has 0 fully saturated rings. The van der Waals surface area contributed by atoms with Crippen LogP contribution in [0, 0.1) is 11.7 Å². The van der Waals surface area contributed by atoms with Gasteiger partial charge in [0.15, 0.2) is 11.6 Å². The number of rotatable bonds is 5. The second-order valence-corrected chi connectivity index (χ2v) is 5.30. The van der Waals surface area contributed by atoms with Crippen LogP contribution in [0.3, 0.4) is 0 Å². The molecule has 0 aliphatic heterocycles. The Morgan fingerprint density at radius 1 is 1.35 bits per heavy atom. The van der Waals surface area contributed by atoms with Crippen molar-refractivity contribution in [1.29, 1.82) is 0 Å². The van der Waals surface area contributed by atoms with Crippen molar-refractivity contribution in [1.82, 2.24) is 0 Å². The number of hydrogen-bond acceptors (Lipinski definition) is 4. The third kappa shape index (κ3) is 2.63. The molecular formula is C15H18FO4-. The number of aromatic carboxylic acids is 1. The molecule has 20 heavy (non-hydrogen) atoms. The van der Waals surface area contributed by atoms with Gasteiger partial charge < -0.3 is 19.4 Å². The van der Waals surface area contributed by atoms with Gasteiger partial charge in [0.1, 0.15) is 0 Å². The first-order valence-corrected chi connectivity index (χ1v) is 6.70. The normalized spacial score (nSPS) is 15.2. The van der Waals surface area contributed by atoms with Gasteiger partial charge in [0.25, 0.3) is 0 Å². The Balaban J connectivity index is 2.44. The predicted octanol–water partition coefficient (Wildman–Crippen LogP) is 1.69. The van der Waals surface area contributed by atoms with Crippen LogP contribution in [-0.2, 0) is 17.6 Å². The molecule has 0 saturated carbocycles. The fraction of sp³-hybridized carbons (Fsp3) is 0.533. The highest BCUT2D eigenvalue weighted by Gasteiger charge is 2.25. The first kappa shape index (κ1) is 14.8. The van der Waals surface area contributed by atoms with Crippen LogP contribution in [0.5, 0.6) is 5.75 Å². The summed E-state index contributed by atoms with van der Waals surface area (Å²) < 4.78 is 25.0. The molecule has 1 aliphatic carbocycles. The van der Waals surface area contributed by atoms with Crippen molar-refractivity contribution in [3.8, 4) is 5.75 Å². The van der Waals surface area contributed by atoms with E-state index in [1.54, 1.807) is 0 Å². The van der Waals surface area contributed by atoms with E-state index in [9.17, 15) is 14.3 Å². The second kappa shape index (κ2) is 5.79. The van der Waals surface area contributed by atoms with E-state index < -0.39 is 18.1 Å². The maximum absolute atomic E-state index is 14.4. The van der Waals surface area contributed by atoms with Crippen LogP contribution in [0.2, 0.25) is 0 Å². The molecule has 0 radical (unpaired) electrons. The number of ether oxygens (including phenoxy) is 2. The lowest BCUT2D eigenvalue weighted by Crippen LogP contribution is -2.27. The minimum Gasteiger partial charge on any atom is -0.545 e. The molecule has 0 bridgehead atoms. The van der Waals surface area contributed by atoms with Gasteiger partial charge in [0.2, 0.25) is 6.29 Å². The number of carboxylic acids is 1. The van der Waals surface area contributed by atoms with Crippen LogP contribution in [0.15, 0.2) is 6.07 Å². The molecule has 0 aromatic heterocycles. The Morgan fingerprint density at radius 3 is 2.55 bits per heavy atom. The van der Waals surface area contributed by atoms with Crippen LogP contribution in [0.25, 0.3) is 0 Å². The second-order valence-electron chi connectivity index (χ2n) is 5.30. The minimum atomic E-state index is -1.30. The maximum Gasteiger partial charge on any atom is 0.202 e. The Bertz CT molecular complexity index is 525. The lowest BCUT2D eigenvalue weighted by atomic mass is 10.0. The summed E-state index contributed by atoms with van der Waals surface area (Å²) in [5.74, 6) is -1.85. The smallest absolute Gasteiger partial charge is 0.202 e. The van der Waals surface area contributed by atoms with E-state index in [0.29, 0.717) is 24.0 Å². The van der Waals surface area contributed by atoms with Crippen LogP contribution in [0.4, 0.5) is 4.39 Å². The van der Waals surface area contributed by atoms with Gasteiger partial charge in [-0.15, -0.1) is 0 Å². The highest BCUT2D eigenvalue weighted by molar-refractivity contribution is 5.89. The molecular weight excluding hydrogens is 263 g/mol. The number of carbonyl (C=O) groups is 1. The lowest BCUT2D eigenvalue weighted by Gasteiger charge is -2.23. The van der Waals surface area contributed by atoms with E-state index in [1.165, 1.54) is 13.2 Å². The highest BCUT2D eigenvalue weighted by Crippen LogP contribution is 2.34. The molecule has 1 unspecified atom stereocenters. The zero-order valence-corrected chi connectivity index (χ0v) is 11.9. The summed E-state index contributed by atoms with van der Waals surface area (Å²) in [5, 5.41) is 11.2. The van der Waals surface area contributed by atoms with Gasteiger partial charge in [-0.25, -0.2) is 4.39 Å². The molecule has 0 spiro atoms. The summed E-state index contributed by atoms with van der Waals surface area (Å²) in [4.78, 5) is 11.2. The van der Waals surface area contributed by atoms with E-state index in [-0.39, 0.29) is 17.2 Å². The van der Waals surface area contributed by atoms with Gasteiger partial charge in [0, 0.05) is 18.6 Å². The summed E-state index contributed by atoms with van der Waals surface area (Å²) in [6.07, 6.45) is 1.21. The fourth-order valence-electron chi connectivity index (χ4n) is 2.56. The molecule has 0 N–H and O–H groups in total. The van der Waals surface area contributed by atoms with Crippen molar-refractivity contribution >= 4 is 5.97 Å². The van der Waals surface area contributed by atoms with Gasteiger partial charge in [-0.05, 0) is 36.5 Å². The molecule has 1 atom stereocenters. The molecule has 110 valence electrons. The number of fused-ring (bicyclic) bond motifs is 1. The molecule has 4 nitrogen and oxygen atoms in total. The van der Waals surface area contributed by atoms with Gasteiger partial charge in [0.05, 0.1) is 5.97 Å². The third-order valence-corrected chi connectivity index (χ3v) is 3.54. The SMILES string of the molecule is COC(Oc1cc(C(=O)[O-])c2c(c1F)CCC2)C(C)C. The standard InChI is InChI=1S/C15H19FO4/c1-8(2)15(19-3)20-12-7-11(14(17)18)9-5-4-6-10(9)13(12)16/h7-8,15H,4-6H2,1-3H3,(H,17,18)/p-1. The summed E-state index contributed by atoms with van der Waals surface area (Å²) in [7, 11) is 1.47. The Morgan fingerprint density at radius 2 is 2.00 bits per heavy atom. The van der Waals surface area contributed by atoms with E-state index >= 15 is 0 Å². The number of methoxy groups -OCH3 is 1. The summed E-state index contributed by atoms with van der Waals surface area (Å²) in [6.45, 7) is 3.75. The zero-order valence-electron chi connectivity index (χ0n) is 11.9. The first-order valence-electron chi connectivity index (χ1n) is 6.70. The van der Waals surface area contributed by atoms with Crippen LogP contribution in [-0.4, -0.2) is 19.4 Å². The van der Waals surface area contributed by atoms with Gasteiger partial charge in [-0.3, -0.25) is 0 Å². The largest absolute Gasteiger partial charge is 0.545 e. The predicted molar refractivity (Wildman–Crippen MR) is 69.0 cm³/mol. The van der Waals surface area contributed by atoms with Crippen molar-refractivity contribution in [2.75, 3.05) is 7.11 Å². The average molecular weight is 281 g/mol. The van der Waals surface area contributed by atoms with Crippen molar-refractivity contribution in [3.63, 3.8) is 0 Å². The number of halogens is 1. The summed E-state index contributed by atoms with van der Waals surface area (Å²) in [6, 6.07) is 1.21. The van der Waals surface area contributed by atoms with Gasteiger partial charge >= 0.3 is 0 Å². The Hall–Kier alpha value is -1.62. The maximum atomic E-state index is 14.4. The highest BCUT2D eigenvalue weighted by atomic mass is 19.1. The van der Waals surface area contributed by atoms with E-state index in [1.807, 2.05) is 13.8 Å². The zero-order chi connectivity index (χ0) is 14.9. The average Bonchev–Trinajstić information content (AvgIpc) is 2.86. The fourth-order valence-corrected chi connectivity index (χ4v) is 2.56. The number of carbonyl (C=O) groups excluding carboxylic acids is 1. The van der Waals surface area contributed by atoms with Crippen LogP contribution >= 0.6 is 0 Å². The molecule has 1 aromatic carbocycles. The van der Waals surface area contributed by atoms with Crippen molar-refractivity contribution in [3.05, 3.63) is 28.6 Å². The summed E-state index contributed by atoms with van der Waals surface area (Å²) in [5.41, 5.74) is 0.987. The Labute approximate surface area is 117 Å². The Kier molecular flexibility index (Phi) is 4.28. The monoisotopic (exact) mass is 281 g/mol. The van der Waals surface area contributed by atoms with Crippen molar-refractivity contribution in [2.45, 2.75) is 39.4 Å². The van der Waals surface area contributed by atoms with E-state index in [4.69, 9.17) is 9.47 Å². The molecule has 5 heteroatoms. The number of hydrogen-bond donors (Lipinski definition) is 0.